The molecule has 3 aromatic heterocycles. The van der Waals surface area contributed by atoms with Crippen LogP contribution >= 0.6 is 11.8 Å². The van der Waals surface area contributed by atoms with Gasteiger partial charge in [0.2, 0.25) is 5.91 Å². The first-order valence-corrected chi connectivity index (χ1v) is 12.7. The molecule has 1 N–H and O–H groups in total. The van der Waals surface area contributed by atoms with Crippen LogP contribution in [0.5, 0.6) is 0 Å². The molecule has 0 spiro atoms. The highest BCUT2D eigenvalue weighted by atomic mass is 32.2. The molecule has 0 radical (unpaired) electrons. The third kappa shape index (κ3) is 4.42. The molecule has 33 heavy (non-hydrogen) atoms. The van der Waals surface area contributed by atoms with E-state index in [2.05, 4.69) is 32.0 Å². The largest absolute Gasteiger partial charge is 0.356 e. The van der Waals surface area contributed by atoms with Gasteiger partial charge in [0.15, 0.2) is 10.8 Å². The Hall–Kier alpha value is -3.07. The number of hydrogen-bond acceptors (Lipinski definition) is 6. The molecule has 1 aliphatic heterocycles. The molecule has 1 aromatic carbocycles. The monoisotopic (exact) mass is 463 g/mol. The van der Waals surface area contributed by atoms with Gasteiger partial charge >= 0.3 is 0 Å². The van der Waals surface area contributed by atoms with E-state index < -0.39 is 0 Å². The standard InChI is InChI=1S/C24H29N7OS/c1-29-16-17(18-8-4-5-9-20(18)29)14-21(32)25-10-13-31-23-19(15-26-31)22(27-24(28-23)33-2)30-11-6-3-7-12-30/h4-5,8-9,15-16H,3,6-7,10-14H2,1-2H3,(H,25,32). The Morgan fingerprint density at radius 1 is 1.12 bits per heavy atom. The van der Waals surface area contributed by atoms with Crippen LogP contribution in [-0.4, -0.2) is 56.1 Å². The lowest BCUT2D eigenvalue weighted by Gasteiger charge is -2.28. The fourth-order valence-electron chi connectivity index (χ4n) is 4.63. The van der Waals surface area contributed by atoms with Gasteiger partial charge in [-0.1, -0.05) is 30.0 Å². The van der Waals surface area contributed by atoms with Crippen molar-refractivity contribution in [2.75, 3.05) is 30.8 Å². The third-order valence-electron chi connectivity index (χ3n) is 6.27. The van der Waals surface area contributed by atoms with E-state index in [4.69, 9.17) is 9.97 Å². The maximum Gasteiger partial charge on any atom is 0.224 e. The highest BCUT2D eigenvalue weighted by Gasteiger charge is 2.19. The number of nitrogens with one attached hydrogen (secondary N) is 1. The zero-order valence-corrected chi connectivity index (χ0v) is 19.9. The number of hydrogen-bond donors (Lipinski definition) is 1. The average molecular weight is 464 g/mol. The predicted octanol–water partition coefficient (Wildman–Crippen LogP) is 3.39. The number of para-hydroxylation sites is 1. The molecule has 172 valence electrons. The third-order valence-corrected chi connectivity index (χ3v) is 6.82. The second-order valence-corrected chi connectivity index (χ2v) is 9.27. The molecule has 1 saturated heterocycles. The minimum absolute atomic E-state index is 0.0104. The molecule has 0 unspecified atom stereocenters. The lowest BCUT2D eigenvalue weighted by molar-refractivity contribution is -0.120. The van der Waals surface area contributed by atoms with Crippen LogP contribution in [0.2, 0.25) is 0 Å². The van der Waals surface area contributed by atoms with Crippen molar-refractivity contribution in [2.24, 2.45) is 7.05 Å². The smallest absolute Gasteiger partial charge is 0.224 e. The Morgan fingerprint density at radius 3 is 2.76 bits per heavy atom. The zero-order chi connectivity index (χ0) is 22.8. The zero-order valence-electron chi connectivity index (χ0n) is 19.1. The summed E-state index contributed by atoms with van der Waals surface area (Å²) in [5, 5.41) is 10.5. The van der Waals surface area contributed by atoms with Crippen LogP contribution in [0.1, 0.15) is 24.8 Å². The number of carbonyl (C=O) groups excluding carboxylic acids is 1. The van der Waals surface area contributed by atoms with Crippen molar-refractivity contribution < 1.29 is 4.79 Å². The van der Waals surface area contributed by atoms with Gasteiger partial charge in [0.05, 0.1) is 24.5 Å². The van der Waals surface area contributed by atoms with Gasteiger partial charge in [0.1, 0.15) is 5.82 Å². The maximum atomic E-state index is 12.6. The van der Waals surface area contributed by atoms with Crippen LogP contribution < -0.4 is 10.2 Å². The molecule has 0 bridgehead atoms. The van der Waals surface area contributed by atoms with Gasteiger partial charge in [-0.15, -0.1) is 0 Å². The van der Waals surface area contributed by atoms with Crippen molar-refractivity contribution in [3.05, 3.63) is 42.2 Å². The molecule has 0 saturated carbocycles. The Kier molecular flexibility index (Phi) is 6.22. The van der Waals surface area contributed by atoms with E-state index in [9.17, 15) is 4.79 Å². The van der Waals surface area contributed by atoms with Crippen LogP contribution in [0.25, 0.3) is 21.9 Å². The molecule has 1 fully saturated rings. The number of thioether (sulfide) groups is 1. The molecular weight excluding hydrogens is 434 g/mol. The fraction of sp³-hybridized carbons (Fsp3) is 0.417. The lowest BCUT2D eigenvalue weighted by atomic mass is 10.1. The number of aromatic nitrogens is 5. The van der Waals surface area contributed by atoms with E-state index in [1.807, 2.05) is 42.5 Å². The van der Waals surface area contributed by atoms with Crippen LogP contribution in [0.15, 0.2) is 41.8 Å². The van der Waals surface area contributed by atoms with Crippen molar-refractivity contribution >= 4 is 45.4 Å². The maximum absolute atomic E-state index is 12.6. The minimum atomic E-state index is 0.0104. The lowest BCUT2D eigenvalue weighted by Crippen LogP contribution is -2.30. The quantitative estimate of drug-likeness (QED) is 0.334. The molecule has 0 aliphatic carbocycles. The summed E-state index contributed by atoms with van der Waals surface area (Å²) in [6.45, 7) is 3.11. The number of piperidine rings is 1. The number of carbonyl (C=O) groups is 1. The van der Waals surface area contributed by atoms with E-state index in [-0.39, 0.29) is 5.91 Å². The highest BCUT2D eigenvalue weighted by Crippen LogP contribution is 2.28. The summed E-state index contributed by atoms with van der Waals surface area (Å²) in [6.07, 6.45) is 9.91. The SMILES string of the molecule is CSc1nc(N2CCCCC2)c2cnn(CCNC(=O)Cc3cn(C)c4ccccc34)c2n1. The summed E-state index contributed by atoms with van der Waals surface area (Å²) in [6, 6.07) is 8.16. The van der Waals surface area contributed by atoms with Crippen molar-refractivity contribution in [1.29, 1.82) is 0 Å². The summed E-state index contributed by atoms with van der Waals surface area (Å²) in [7, 11) is 2.01. The van der Waals surface area contributed by atoms with Crippen LogP contribution in [-0.2, 0) is 24.8 Å². The molecular formula is C24H29N7OS. The number of aryl methyl sites for hydroxylation is 1. The number of anilines is 1. The van der Waals surface area contributed by atoms with Gasteiger partial charge in [-0.3, -0.25) is 4.79 Å². The number of amides is 1. The number of rotatable bonds is 7. The van der Waals surface area contributed by atoms with Gasteiger partial charge < -0.3 is 14.8 Å². The first kappa shape index (κ1) is 21.8. The Balaban J connectivity index is 1.28. The highest BCUT2D eigenvalue weighted by molar-refractivity contribution is 7.98. The summed E-state index contributed by atoms with van der Waals surface area (Å²) in [5.41, 5.74) is 3.01. The molecule has 5 rings (SSSR count). The van der Waals surface area contributed by atoms with Crippen molar-refractivity contribution in [1.82, 2.24) is 29.6 Å². The second kappa shape index (κ2) is 9.43. The number of fused-ring (bicyclic) bond motifs is 2. The summed E-state index contributed by atoms with van der Waals surface area (Å²) in [4.78, 5) is 24.5. The van der Waals surface area contributed by atoms with E-state index in [0.717, 1.165) is 51.6 Å². The molecule has 0 atom stereocenters. The Morgan fingerprint density at radius 2 is 1.94 bits per heavy atom. The van der Waals surface area contributed by atoms with Crippen LogP contribution in [0, 0.1) is 0 Å². The van der Waals surface area contributed by atoms with Crippen molar-refractivity contribution in [3.63, 3.8) is 0 Å². The van der Waals surface area contributed by atoms with E-state index in [1.54, 1.807) is 11.8 Å². The van der Waals surface area contributed by atoms with Crippen LogP contribution in [0.3, 0.4) is 0 Å². The van der Waals surface area contributed by atoms with E-state index in [1.165, 1.54) is 19.3 Å². The summed E-state index contributed by atoms with van der Waals surface area (Å²) < 4.78 is 3.94. The molecule has 8 nitrogen and oxygen atoms in total. The van der Waals surface area contributed by atoms with Gasteiger partial charge in [0, 0.05) is 43.8 Å². The molecule has 4 aromatic rings. The number of benzene rings is 1. The topological polar surface area (TPSA) is 80.9 Å². The van der Waals surface area contributed by atoms with E-state index >= 15 is 0 Å². The fourth-order valence-corrected chi connectivity index (χ4v) is 4.98. The van der Waals surface area contributed by atoms with E-state index in [0.29, 0.717) is 19.5 Å². The Labute approximate surface area is 197 Å². The van der Waals surface area contributed by atoms with Crippen molar-refractivity contribution in [2.45, 2.75) is 37.4 Å². The molecule has 4 heterocycles. The van der Waals surface area contributed by atoms with Gasteiger partial charge in [-0.25, -0.2) is 14.6 Å². The van der Waals surface area contributed by atoms with Gasteiger partial charge in [-0.05, 0) is 37.1 Å². The summed E-state index contributed by atoms with van der Waals surface area (Å²) >= 11 is 1.55. The molecule has 1 amide bonds. The number of nitrogens with zero attached hydrogens (tertiary/aromatic N) is 6. The Bertz CT molecular complexity index is 1290. The van der Waals surface area contributed by atoms with Gasteiger partial charge in [-0.2, -0.15) is 5.10 Å². The summed E-state index contributed by atoms with van der Waals surface area (Å²) in [5.74, 6) is 0.992. The minimum Gasteiger partial charge on any atom is -0.356 e. The first-order chi connectivity index (χ1) is 16.1. The molecule has 9 heteroatoms. The predicted molar refractivity (Wildman–Crippen MR) is 133 cm³/mol. The normalized spacial score (nSPS) is 14.3. The second-order valence-electron chi connectivity index (χ2n) is 8.50. The molecule has 1 aliphatic rings. The first-order valence-electron chi connectivity index (χ1n) is 11.5. The van der Waals surface area contributed by atoms with Gasteiger partial charge in [0.25, 0.3) is 0 Å². The average Bonchev–Trinajstić information content (AvgIpc) is 3.40. The van der Waals surface area contributed by atoms with Crippen molar-refractivity contribution in [3.8, 4) is 0 Å². The van der Waals surface area contributed by atoms with Crippen LogP contribution in [0.4, 0.5) is 5.82 Å².